The predicted molar refractivity (Wildman–Crippen MR) is 56.2 cm³/mol. The highest BCUT2D eigenvalue weighted by Gasteiger charge is 2.25. The van der Waals surface area contributed by atoms with Crippen LogP contribution in [0.3, 0.4) is 0 Å². The van der Waals surface area contributed by atoms with Crippen LogP contribution < -0.4 is 5.32 Å². The van der Waals surface area contributed by atoms with Crippen molar-refractivity contribution in [2.75, 3.05) is 5.32 Å². The molecule has 1 saturated carbocycles. The van der Waals surface area contributed by atoms with Crippen molar-refractivity contribution >= 4 is 5.82 Å². The van der Waals surface area contributed by atoms with Gasteiger partial charge in [-0.1, -0.05) is 0 Å². The van der Waals surface area contributed by atoms with E-state index in [9.17, 15) is 5.11 Å². The summed E-state index contributed by atoms with van der Waals surface area (Å²) in [6.45, 7) is 0. The van der Waals surface area contributed by atoms with E-state index in [0.717, 1.165) is 19.3 Å². The average molecular weight is 203 g/mol. The van der Waals surface area contributed by atoms with Crippen molar-refractivity contribution in [3.63, 3.8) is 0 Å². The number of aromatic nitrogens is 1. The van der Waals surface area contributed by atoms with Crippen LogP contribution in [0.25, 0.3) is 0 Å². The standard InChI is InChI=1S/C11H13N3O/c12-7-8-4-5-13-11(6-8)14-9-2-1-3-10(9)15/h4-6,9-10,15H,1-3H2,(H,13,14)/t9-,10-/m1/s1. The topological polar surface area (TPSA) is 68.9 Å². The molecular formula is C11H13N3O. The Bertz CT molecular complexity index is 386. The molecule has 1 aromatic rings. The first-order chi connectivity index (χ1) is 7.29. The first-order valence-electron chi connectivity index (χ1n) is 5.10. The van der Waals surface area contributed by atoms with Crippen LogP contribution in [0.2, 0.25) is 0 Å². The van der Waals surface area contributed by atoms with Crippen molar-refractivity contribution in [1.29, 1.82) is 5.26 Å². The van der Waals surface area contributed by atoms with Gasteiger partial charge in [-0.3, -0.25) is 0 Å². The monoisotopic (exact) mass is 203 g/mol. The highest BCUT2D eigenvalue weighted by Crippen LogP contribution is 2.22. The number of nitrogens with zero attached hydrogens (tertiary/aromatic N) is 2. The second-order valence-electron chi connectivity index (χ2n) is 3.79. The molecule has 1 heterocycles. The fourth-order valence-corrected chi connectivity index (χ4v) is 1.88. The molecular weight excluding hydrogens is 190 g/mol. The normalized spacial score (nSPS) is 24.8. The lowest BCUT2D eigenvalue weighted by Crippen LogP contribution is -2.28. The average Bonchev–Trinajstić information content (AvgIpc) is 2.65. The summed E-state index contributed by atoms with van der Waals surface area (Å²) in [5.74, 6) is 0.667. The van der Waals surface area contributed by atoms with Gasteiger partial charge in [0.15, 0.2) is 0 Å². The van der Waals surface area contributed by atoms with E-state index in [1.54, 1.807) is 18.3 Å². The van der Waals surface area contributed by atoms with E-state index in [1.807, 2.05) is 0 Å². The van der Waals surface area contributed by atoms with E-state index in [2.05, 4.69) is 16.4 Å². The van der Waals surface area contributed by atoms with Gasteiger partial charge in [-0.2, -0.15) is 5.26 Å². The van der Waals surface area contributed by atoms with Crippen LogP contribution in [-0.4, -0.2) is 22.2 Å². The van der Waals surface area contributed by atoms with Gasteiger partial charge in [0.25, 0.3) is 0 Å². The maximum atomic E-state index is 9.62. The Balaban J connectivity index is 2.07. The number of nitriles is 1. The molecule has 0 aromatic carbocycles. The highest BCUT2D eigenvalue weighted by atomic mass is 16.3. The Hall–Kier alpha value is -1.60. The summed E-state index contributed by atoms with van der Waals surface area (Å²) in [5.41, 5.74) is 0.583. The van der Waals surface area contributed by atoms with Gasteiger partial charge in [-0.25, -0.2) is 4.98 Å². The van der Waals surface area contributed by atoms with Gasteiger partial charge in [-0.05, 0) is 31.4 Å². The van der Waals surface area contributed by atoms with Crippen LogP contribution in [-0.2, 0) is 0 Å². The van der Waals surface area contributed by atoms with Crippen molar-refractivity contribution in [3.8, 4) is 6.07 Å². The molecule has 2 atom stereocenters. The summed E-state index contributed by atoms with van der Waals surface area (Å²) < 4.78 is 0. The van der Waals surface area contributed by atoms with Gasteiger partial charge in [-0.15, -0.1) is 0 Å². The zero-order chi connectivity index (χ0) is 10.7. The first-order valence-corrected chi connectivity index (χ1v) is 5.10. The summed E-state index contributed by atoms with van der Waals surface area (Å²) in [4.78, 5) is 4.11. The maximum Gasteiger partial charge on any atom is 0.127 e. The van der Waals surface area contributed by atoms with Crippen LogP contribution in [0.4, 0.5) is 5.82 Å². The minimum Gasteiger partial charge on any atom is -0.391 e. The van der Waals surface area contributed by atoms with Gasteiger partial charge in [0.2, 0.25) is 0 Å². The van der Waals surface area contributed by atoms with Crippen molar-refractivity contribution in [1.82, 2.24) is 4.98 Å². The summed E-state index contributed by atoms with van der Waals surface area (Å²) >= 11 is 0. The molecule has 4 nitrogen and oxygen atoms in total. The third-order valence-corrected chi connectivity index (χ3v) is 2.70. The zero-order valence-electron chi connectivity index (χ0n) is 8.35. The fourth-order valence-electron chi connectivity index (χ4n) is 1.88. The molecule has 0 radical (unpaired) electrons. The lowest BCUT2D eigenvalue weighted by atomic mass is 10.2. The summed E-state index contributed by atoms with van der Waals surface area (Å²) in [6, 6.07) is 5.50. The molecule has 2 N–H and O–H groups in total. The van der Waals surface area contributed by atoms with E-state index < -0.39 is 0 Å². The Morgan fingerprint density at radius 2 is 2.40 bits per heavy atom. The smallest absolute Gasteiger partial charge is 0.127 e. The number of hydrogen-bond donors (Lipinski definition) is 2. The number of nitrogens with one attached hydrogen (secondary N) is 1. The van der Waals surface area contributed by atoms with Crippen LogP contribution in [0, 0.1) is 11.3 Å². The minimum atomic E-state index is -0.294. The lowest BCUT2D eigenvalue weighted by molar-refractivity contribution is 0.171. The quantitative estimate of drug-likeness (QED) is 0.759. The van der Waals surface area contributed by atoms with E-state index in [-0.39, 0.29) is 12.1 Å². The van der Waals surface area contributed by atoms with E-state index in [4.69, 9.17) is 5.26 Å². The Kier molecular flexibility index (Phi) is 2.84. The lowest BCUT2D eigenvalue weighted by Gasteiger charge is -2.16. The van der Waals surface area contributed by atoms with Crippen LogP contribution in [0.1, 0.15) is 24.8 Å². The second kappa shape index (κ2) is 4.28. The Morgan fingerprint density at radius 3 is 3.07 bits per heavy atom. The van der Waals surface area contributed by atoms with Gasteiger partial charge in [0, 0.05) is 6.20 Å². The summed E-state index contributed by atoms with van der Waals surface area (Å²) in [6.07, 6.45) is 4.14. The molecule has 0 bridgehead atoms. The van der Waals surface area contributed by atoms with Crippen molar-refractivity contribution in [2.24, 2.45) is 0 Å². The highest BCUT2D eigenvalue weighted by molar-refractivity contribution is 5.43. The zero-order valence-corrected chi connectivity index (χ0v) is 8.35. The van der Waals surface area contributed by atoms with Crippen molar-refractivity contribution < 1.29 is 5.11 Å². The molecule has 0 amide bonds. The molecule has 0 saturated heterocycles. The van der Waals surface area contributed by atoms with Crippen molar-refractivity contribution in [2.45, 2.75) is 31.4 Å². The molecule has 1 fully saturated rings. The molecule has 15 heavy (non-hydrogen) atoms. The number of aliphatic hydroxyl groups is 1. The number of anilines is 1. The molecule has 0 aliphatic heterocycles. The van der Waals surface area contributed by atoms with Crippen molar-refractivity contribution in [3.05, 3.63) is 23.9 Å². The second-order valence-corrected chi connectivity index (χ2v) is 3.79. The molecule has 1 aliphatic carbocycles. The van der Waals surface area contributed by atoms with Gasteiger partial charge in [0.05, 0.1) is 23.8 Å². The minimum absolute atomic E-state index is 0.0754. The maximum absolute atomic E-state index is 9.62. The van der Waals surface area contributed by atoms with Gasteiger partial charge < -0.3 is 10.4 Å². The molecule has 0 spiro atoms. The molecule has 1 aromatic heterocycles. The third kappa shape index (κ3) is 2.25. The molecule has 4 heteroatoms. The summed E-state index contributed by atoms with van der Waals surface area (Å²) in [5, 5.41) is 21.5. The fraction of sp³-hybridized carbons (Fsp3) is 0.455. The number of pyridine rings is 1. The number of aliphatic hydroxyl groups excluding tert-OH is 1. The largest absolute Gasteiger partial charge is 0.391 e. The summed E-state index contributed by atoms with van der Waals surface area (Å²) in [7, 11) is 0. The molecule has 78 valence electrons. The number of hydrogen-bond acceptors (Lipinski definition) is 4. The molecule has 2 rings (SSSR count). The van der Waals surface area contributed by atoms with Gasteiger partial charge in [0.1, 0.15) is 5.82 Å². The van der Waals surface area contributed by atoms with E-state index >= 15 is 0 Å². The van der Waals surface area contributed by atoms with Crippen LogP contribution in [0.15, 0.2) is 18.3 Å². The number of rotatable bonds is 2. The first kappa shape index (κ1) is 9.94. The molecule has 0 unspecified atom stereocenters. The third-order valence-electron chi connectivity index (χ3n) is 2.70. The predicted octanol–water partition coefficient (Wildman–Crippen LogP) is 1.28. The van der Waals surface area contributed by atoms with E-state index in [1.165, 1.54) is 0 Å². The SMILES string of the molecule is N#Cc1ccnc(N[C@@H]2CCC[C@H]2O)c1. The van der Waals surface area contributed by atoms with Crippen LogP contribution in [0.5, 0.6) is 0 Å². The van der Waals surface area contributed by atoms with E-state index in [0.29, 0.717) is 11.4 Å². The Morgan fingerprint density at radius 1 is 1.53 bits per heavy atom. The van der Waals surface area contributed by atoms with Crippen LogP contribution >= 0.6 is 0 Å². The molecule has 1 aliphatic rings. The Labute approximate surface area is 88.6 Å². The van der Waals surface area contributed by atoms with Gasteiger partial charge >= 0.3 is 0 Å².